The number of carbonyl (C=O) groups excluding carboxylic acids is 5. The van der Waals surface area contributed by atoms with Gasteiger partial charge in [0.05, 0.1) is 19.1 Å². The van der Waals surface area contributed by atoms with Crippen LogP contribution < -0.4 is 15.5 Å². The second kappa shape index (κ2) is 12.7. The van der Waals surface area contributed by atoms with Crippen LogP contribution >= 0.6 is 0 Å². The number of ether oxygens (including phenoxy) is 2. The fourth-order valence-electron chi connectivity index (χ4n) is 3.38. The zero-order valence-electron chi connectivity index (χ0n) is 21.5. The van der Waals surface area contributed by atoms with E-state index in [-0.39, 0.29) is 38.5 Å². The minimum absolute atomic E-state index is 0.0928. The molecule has 1 heterocycles. The molecule has 1 unspecified atom stereocenters. The Kier molecular flexibility index (Phi) is 9.92. The molecule has 0 spiro atoms. The number of nitrogens with one attached hydrogen (secondary N) is 3. The van der Waals surface area contributed by atoms with E-state index in [0.29, 0.717) is 11.3 Å². The van der Waals surface area contributed by atoms with E-state index in [9.17, 15) is 24.0 Å². The fraction of sp³-hybridized carbons (Fsp3) is 0.440. The summed E-state index contributed by atoms with van der Waals surface area (Å²) >= 11 is 0. The number of anilines is 1. The topological polar surface area (TPSA) is 158 Å². The van der Waals surface area contributed by atoms with Gasteiger partial charge in [0, 0.05) is 24.3 Å². The maximum Gasteiger partial charge on any atom is 0.413 e. The van der Waals surface area contributed by atoms with Crippen LogP contribution in [0.25, 0.3) is 0 Å². The number of hydrogen-bond acceptors (Lipinski definition) is 8. The molecule has 12 heteroatoms. The van der Waals surface area contributed by atoms with Crippen molar-refractivity contribution in [3.63, 3.8) is 0 Å². The summed E-state index contributed by atoms with van der Waals surface area (Å²) in [5, 5.41) is 13.0. The monoisotopic (exact) mass is 515 g/mol. The first-order chi connectivity index (χ1) is 17.3. The smallest absolute Gasteiger partial charge is 0.413 e. The van der Waals surface area contributed by atoms with Crippen LogP contribution in [0.5, 0.6) is 0 Å². The van der Waals surface area contributed by atoms with Crippen LogP contribution in [-0.4, -0.2) is 78.4 Å². The van der Waals surface area contributed by atoms with E-state index in [1.54, 1.807) is 39.8 Å². The molecular formula is C25H33N5O7. The number of esters is 1. The molecule has 2 rings (SSSR count). The Morgan fingerprint density at radius 3 is 2.35 bits per heavy atom. The van der Waals surface area contributed by atoms with Crippen LogP contribution in [0.3, 0.4) is 0 Å². The van der Waals surface area contributed by atoms with Crippen molar-refractivity contribution in [2.45, 2.75) is 45.8 Å². The lowest BCUT2D eigenvalue weighted by Crippen LogP contribution is -2.57. The average Bonchev–Trinajstić information content (AvgIpc) is 2.80. The highest BCUT2D eigenvalue weighted by atomic mass is 16.6. The summed E-state index contributed by atoms with van der Waals surface area (Å²) in [4.78, 5) is 63.7. The van der Waals surface area contributed by atoms with Crippen molar-refractivity contribution >= 4 is 41.3 Å². The van der Waals surface area contributed by atoms with Crippen molar-refractivity contribution < 1.29 is 33.4 Å². The number of amides is 4. The molecule has 1 aromatic carbocycles. The molecule has 1 aliphatic heterocycles. The van der Waals surface area contributed by atoms with Gasteiger partial charge in [0.15, 0.2) is 0 Å². The number of hydrogen-bond donors (Lipinski definition) is 3. The summed E-state index contributed by atoms with van der Waals surface area (Å²) in [6.45, 7) is 10.5. The summed E-state index contributed by atoms with van der Waals surface area (Å²) in [5.41, 5.74) is 0.0978. The molecule has 200 valence electrons. The van der Waals surface area contributed by atoms with Gasteiger partial charge >= 0.3 is 23.9 Å². The van der Waals surface area contributed by atoms with Crippen LogP contribution in [0.4, 0.5) is 10.5 Å². The zero-order valence-corrected chi connectivity index (χ0v) is 21.5. The number of alkyl carbamates (subject to hydrolysis) is 1. The summed E-state index contributed by atoms with van der Waals surface area (Å²) in [6, 6.07) is 5.51. The van der Waals surface area contributed by atoms with Crippen LogP contribution in [0, 0.1) is 5.41 Å². The standard InChI is InChI=1S/C25H33N5O7/c1-6-17(14-20(32)36-7-2)27-19(31)15-29-12-13-30(23(34)22(29)33)18-10-8-16(9-11-18)21(26)28-24(35)37-25(3,4)5/h6,8-11,17H,1,7,12-15H2,2-5H3,(H,27,31)(H2,26,28,35). The molecule has 3 N–H and O–H groups in total. The Morgan fingerprint density at radius 1 is 1.14 bits per heavy atom. The predicted octanol–water partition coefficient (Wildman–Crippen LogP) is 1.34. The van der Waals surface area contributed by atoms with Gasteiger partial charge in [-0.3, -0.25) is 29.9 Å². The lowest BCUT2D eigenvalue weighted by Gasteiger charge is -2.33. The van der Waals surface area contributed by atoms with Gasteiger partial charge in [-0.15, -0.1) is 6.58 Å². The minimum Gasteiger partial charge on any atom is -0.466 e. The second-order valence-electron chi connectivity index (χ2n) is 9.15. The van der Waals surface area contributed by atoms with Crippen LogP contribution in [0.15, 0.2) is 36.9 Å². The first-order valence-corrected chi connectivity index (χ1v) is 11.7. The highest BCUT2D eigenvalue weighted by Crippen LogP contribution is 2.19. The Morgan fingerprint density at radius 2 is 1.78 bits per heavy atom. The van der Waals surface area contributed by atoms with Gasteiger partial charge in [0.1, 0.15) is 18.0 Å². The number of rotatable bonds is 9. The number of benzene rings is 1. The third kappa shape index (κ3) is 8.74. The third-order valence-electron chi connectivity index (χ3n) is 5.06. The molecule has 1 saturated heterocycles. The van der Waals surface area contributed by atoms with Gasteiger partial charge in [0.2, 0.25) is 5.91 Å². The molecular weight excluding hydrogens is 482 g/mol. The summed E-state index contributed by atoms with van der Waals surface area (Å²) in [5.74, 6) is -2.86. The molecule has 1 atom stereocenters. The SMILES string of the molecule is C=CC(CC(=O)OCC)NC(=O)CN1CCN(c2ccc(C(=N)NC(=O)OC(C)(C)C)cc2)C(=O)C1=O. The number of amidine groups is 1. The summed E-state index contributed by atoms with van der Waals surface area (Å²) in [6.07, 6.45) is 0.541. The van der Waals surface area contributed by atoms with Gasteiger partial charge in [-0.05, 0) is 52.0 Å². The average molecular weight is 516 g/mol. The van der Waals surface area contributed by atoms with E-state index in [0.717, 1.165) is 4.90 Å². The lowest BCUT2D eigenvalue weighted by molar-refractivity contribution is -0.147. The van der Waals surface area contributed by atoms with Crippen molar-refractivity contribution in [1.29, 1.82) is 5.41 Å². The number of piperazine rings is 1. The molecule has 0 aromatic heterocycles. The maximum atomic E-state index is 12.7. The molecule has 1 fully saturated rings. The van der Waals surface area contributed by atoms with Crippen molar-refractivity contribution in [2.24, 2.45) is 0 Å². The Labute approximate surface area is 215 Å². The van der Waals surface area contributed by atoms with Crippen LogP contribution in [0.1, 0.15) is 39.7 Å². The van der Waals surface area contributed by atoms with Crippen LogP contribution in [0.2, 0.25) is 0 Å². The van der Waals surface area contributed by atoms with E-state index in [1.165, 1.54) is 23.1 Å². The van der Waals surface area contributed by atoms with E-state index in [1.807, 2.05) is 0 Å². The molecule has 0 radical (unpaired) electrons. The highest BCUT2D eigenvalue weighted by molar-refractivity contribution is 6.41. The van der Waals surface area contributed by atoms with Gasteiger partial charge in [-0.1, -0.05) is 6.08 Å². The second-order valence-corrected chi connectivity index (χ2v) is 9.15. The van der Waals surface area contributed by atoms with Crippen molar-refractivity contribution in [3.8, 4) is 0 Å². The largest absolute Gasteiger partial charge is 0.466 e. The molecule has 37 heavy (non-hydrogen) atoms. The molecule has 1 aliphatic rings. The molecule has 0 aliphatic carbocycles. The number of nitrogens with zero attached hydrogens (tertiary/aromatic N) is 2. The third-order valence-corrected chi connectivity index (χ3v) is 5.06. The zero-order chi connectivity index (χ0) is 27.8. The van der Waals surface area contributed by atoms with Gasteiger partial charge < -0.3 is 24.6 Å². The van der Waals surface area contributed by atoms with E-state index in [4.69, 9.17) is 14.9 Å². The van der Waals surface area contributed by atoms with E-state index < -0.39 is 41.4 Å². The molecule has 0 saturated carbocycles. The van der Waals surface area contributed by atoms with Gasteiger partial charge in [0.25, 0.3) is 0 Å². The van der Waals surface area contributed by atoms with Gasteiger partial charge in [-0.2, -0.15) is 0 Å². The van der Waals surface area contributed by atoms with Gasteiger partial charge in [-0.25, -0.2) is 4.79 Å². The molecule has 4 amide bonds. The quantitative estimate of drug-likeness (QED) is 0.147. The molecule has 12 nitrogen and oxygen atoms in total. The number of carbonyl (C=O) groups is 5. The first-order valence-electron chi connectivity index (χ1n) is 11.7. The van der Waals surface area contributed by atoms with Crippen molar-refractivity contribution in [1.82, 2.24) is 15.5 Å². The maximum absolute atomic E-state index is 12.7. The van der Waals surface area contributed by atoms with Crippen molar-refractivity contribution in [2.75, 3.05) is 31.1 Å². The van der Waals surface area contributed by atoms with Crippen LogP contribution in [-0.2, 0) is 28.7 Å². The Balaban J connectivity index is 1.95. The van der Waals surface area contributed by atoms with E-state index in [2.05, 4.69) is 17.2 Å². The predicted molar refractivity (Wildman–Crippen MR) is 135 cm³/mol. The molecule has 0 bridgehead atoms. The Bertz CT molecular complexity index is 1060. The highest BCUT2D eigenvalue weighted by Gasteiger charge is 2.34. The minimum atomic E-state index is -0.842. The fourth-order valence-corrected chi connectivity index (χ4v) is 3.38. The van der Waals surface area contributed by atoms with E-state index >= 15 is 0 Å². The summed E-state index contributed by atoms with van der Waals surface area (Å²) in [7, 11) is 0. The normalized spacial score (nSPS) is 14.5. The molecule has 1 aromatic rings. The lowest BCUT2D eigenvalue weighted by atomic mass is 10.1. The summed E-state index contributed by atoms with van der Waals surface area (Å²) < 4.78 is 9.98. The Hall–Kier alpha value is -4.22. The first kappa shape index (κ1) is 29.0. The van der Waals surface area contributed by atoms with Crippen molar-refractivity contribution in [3.05, 3.63) is 42.5 Å².